The van der Waals surface area contributed by atoms with Gasteiger partial charge in [0.15, 0.2) is 0 Å². The van der Waals surface area contributed by atoms with Gasteiger partial charge in [0.1, 0.15) is 5.03 Å². The van der Waals surface area contributed by atoms with E-state index in [2.05, 4.69) is 4.98 Å². The molecule has 0 aromatic carbocycles. The van der Waals surface area contributed by atoms with Crippen molar-refractivity contribution >= 4 is 40.7 Å². The van der Waals surface area contributed by atoms with Crippen LogP contribution >= 0.6 is 34.7 Å². The monoisotopic (exact) mass is 271 g/mol. The number of aromatic carboxylic acids is 1. The van der Waals surface area contributed by atoms with Gasteiger partial charge in [-0.15, -0.1) is 11.3 Å². The highest BCUT2D eigenvalue weighted by Crippen LogP contribution is 2.34. The summed E-state index contributed by atoms with van der Waals surface area (Å²) >= 11 is 8.96. The van der Waals surface area contributed by atoms with Crippen molar-refractivity contribution in [1.82, 2.24) is 4.98 Å². The summed E-state index contributed by atoms with van der Waals surface area (Å²) in [5, 5.41) is 11.7. The molecule has 0 spiro atoms. The quantitative estimate of drug-likeness (QED) is 0.926. The normalized spacial score (nSPS) is 10.3. The molecule has 2 rings (SSSR count). The zero-order chi connectivity index (χ0) is 11.5. The number of hydrogen-bond donors (Lipinski definition) is 1. The maximum atomic E-state index is 10.7. The number of rotatable bonds is 3. The number of pyridine rings is 1. The Morgan fingerprint density at radius 2 is 2.38 bits per heavy atom. The van der Waals surface area contributed by atoms with Crippen LogP contribution in [0.3, 0.4) is 0 Å². The lowest BCUT2D eigenvalue weighted by Crippen LogP contribution is -1.97. The van der Waals surface area contributed by atoms with E-state index >= 15 is 0 Å². The molecule has 3 nitrogen and oxygen atoms in total. The smallest absolute Gasteiger partial charge is 0.337 e. The van der Waals surface area contributed by atoms with Gasteiger partial charge in [0.05, 0.1) is 14.8 Å². The predicted molar refractivity (Wildman–Crippen MR) is 64.6 cm³/mol. The van der Waals surface area contributed by atoms with Crippen molar-refractivity contribution < 1.29 is 9.90 Å². The number of carbonyl (C=O) groups is 1. The fourth-order valence-electron chi connectivity index (χ4n) is 1.03. The minimum absolute atomic E-state index is 0.0977. The molecule has 1 N–H and O–H groups in total. The highest BCUT2D eigenvalue weighted by atomic mass is 35.5. The van der Waals surface area contributed by atoms with E-state index in [0.717, 1.165) is 4.21 Å². The second kappa shape index (κ2) is 4.86. The van der Waals surface area contributed by atoms with Crippen LogP contribution in [-0.4, -0.2) is 16.1 Å². The molecule has 0 unspecified atom stereocenters. The second-order valence-corrected chi connectivity index (χ2v) is 5.49. The zero-order valence-electron chi connectivity index (χ0n) is 7.88. The molecule has 0 amide bonds. The number of halogens is 1. The predicted octanol–water partition coefficient (Wildman–Crippen LogP) is 3.65. The van der Waals surface area contributed by atoms with Gasteiger partial charge in [0.25, 0.3) is 0 Å². The zero-order valence-corrected chi connectivity index (χ0v) is 10.3. The van der Waals surface area contributed by atoms with Crippen LogP contribution in [0.2, 0.25) is 5.02 Å². The van der Waals surface area contributed by atoms with Crippen molar-refractivity contribution in [2.45, 2.75) is 9.24 Å². The third-order valence-corrected chi connectivity index (χ3v) is 4.20. The van der Waals surface area contributed by atoms with Crippen LogP contribution in [0.4, 0.5) is 0 Å². The minimum Gasteiger partial charge on any atom is -0.478 e. The molecule has 0 atom stereocenters. The molecule has 82 valence electrons. The summed E-state index contributed by atoms with van der Waals surface area (Å²) in [5.74, 6) is -1.03. The van der Waals surface area contributed by atoms with Gasteiger partial charge in [-0.3, -0.25) is 0 Å². The van der Waals surface area contributed by atoms with Crippen LogP contribution in [0.25, 0.3) is 0 Å². The Kier molecular flexibility index (Phi) is 3.48. The van der Waals surface area contributed by atoms with E-state index in [1.807, 2.05) is 17.5 Å². The minimum atomic E-state index is -1.03. The van der Waals surface area contributed by atoms with Gasteiger partial charge in [-0.1, -0.05) is 29.4 Å². The molecule has 6 heteroatoms. The van der Waals surface area contributed by atoms with Gasteiger partial charge in [-0.05, 0) is 17.5 Å². The van der Waals surface area contributed by atoms with Crippen LogP contribution in [0, 0.1) is 0 Å². The molecule has 0 aliphatic rings. The van der Waals surface area contributed by atoms with Crippen molar-refractivity contribution in [2.24, 2.45) is 0 Å². The fourth-order valence-corrected chi connectivity index (χ4v) is 2.96. The van der Waals surface area contributed by atoms with Crippen LogP contribution in [0.5, 0.6) is 0 Å². The second-order valence-electron chi connectivity index (χ2n) is 2.85. The van der Waals surface area contributed by atoms with Crippen LogP contribution in [0.1, 0.15) is 10.4 Å². The standard InChI is InChI=1S/C10H6ClNO2S2/c11-7-4-6(10(13)14)5-12-9(7)16-8-2-1-3-15-8/h1-5H,(H,13,14). The lowest BCUT2D eigenvalue weighted by Gasteiger charge is -2.01. The van der Waals surface area contributed by atoms with E-state index in [1.54, 1.807) is 11.3 Å². The molecular weight excluding hydrogens is 266 g/mol. The Hall–Kier alpha value is -1.04. The summed E-state index contributed by atoms with van der Waals surface area (Å²) in [4.78, 5) is 14.7. The van der Waals surface area contributed by atoms with Crippen molar-refractivity contribution in [1.29, 1.82) is 0 Å². The van der Waals surface area contributed by atoms with E-state index < -0.39 is 5.97 Å². The summed E-state index contributed by atoms with van der Waals surface area (Å²) < 4.78 is 1.07. The van der Waals surface area contributed by atoms with Crippen LogP contribution in [0.15, 0.2) is 39.0 Å². The molecule has 0 saturated heterocycles. The van der Waals surface area contributed by atoms with Crippen LogP contribution < -0.4 is 0 Å². The van der Waals surface area contributed by atoms with Gasteiger partial charge >= 0.3 is 5.97 Å². The molecule has 2 aromatic heterocycles. The van der Waals surface area contributed by atoms with Gasteiger partial charge in [-0.25, -0.2) is 9.78 Å². The van der Waals surface area contributed by atoms with Crippen molar-refractivity contribution in [3.8, 4) is 0 Å². The molecule has 0 aliphatic heterocycles. The summed E-state index contributed by atoms with van der Waals surface area (Å²) in [6, 6.07) is 5.30. The van der Waals surface area contributed by atoms with Gasteiger partial charge in [-0.2, -0.15) is 0 Å². The van der Waals surface area contributed by atoms with Crippen molar-refractivity contribution in [3.63, 3.8) is 0 Å². The van der Waals surface area contributed by atoms with Crippen LogP contribution in [-0.2, 0) is 0 Å². The largest absolute Gasteiger partial charge is 0.478 e. The average molecular weight is 272 g/mol. The molecule has 2 aromatic rings. The molecular formula is C10H6ClNO2S2. The molecule has 0 saturated carbocycles. The number of hydrogen-bond acceptors (Lipinski definition) is 4. The summed E-state index contributed by atoms with van der Waals surface area (Å²) in [6.45, 7) is 0. The molecule has 0 radical (unpaired) electrons. The topological polar surface area (TPSA) is 50.2 Å². The highest BCUT2D eigenvalue weighted by Gasteiger charge is 2.09. The Balaban J connectivity index is 2.26. The third kappa shape index (κ3) is 2.55. The number of carboxylic acids is 1. The highest BCUT2D eigenvalue weighted by molar-refractivity contribution is 8.01. The molecule has 0 aliphatic carbocycles. The maximum absolute atomic E-state index is 10.7. The van der Waals surface area contributed by atoms with Crippen molar-refractivity contribution in [2.75, 3.05) is 0 Å². The van der Waals surface area contributed by atoms with E-state index in [1.165, 1.54) is 24.0 Å². The van der Waals surface area contributed by atoms with Gasteiger partial charge in [0.2, 0.25) is 0 Å². The van der Waals surface area contributed by atoms with E-state index in [-0.39, 0.29) is 5.56 Å². The number of carboxylic acid groups (broad SMARTS) is 1. The number of thiophene rings is 1. The number of aromatic nitrogens is 1. The average Bonchev–Trinajstić information content (AvgIpc) is 2.73. The molecule has 0 fully saturated rings. The first-order chi connectivity index (χ1) is 7.66. The van der Waals surface area contributed by atoms with Crippen molar-refractivity contribution in [3.05, 3.63) is 40.4 Å². The molecule has 0 bridgehead atoms. The van der Waals surface area contributed by atoms with E-state index in [0.29, 0.717) is 10.0 Å². The Labute approximate surface area is 105 Å². The van der Waals surface area contributed by atoms with Gasteiger partial charge < -0.3 is 5.11 Å². The molecule has 16 heavy (non-hydrogen) atoms. The maximum Gasteiger partial charge on any atom is 0.337 e. The molecule has 2 heterocycles. The lowest BCUT2D eigenvalue weighted by molar-refractivity contribution is 0.0696. The lowest BCUT2D eigenvalue weighted by atomic mass is 10.3. The third-order valence-electron chi connectivity index (χ3n) is 1.75. The summed E-state index contributed by atoms with van der Waals surface area (Å²) in [5.41, 5.74) is 0.0977. The number of nitrogens with zero attached hydrogens (tertiary/aromatic N) is 1. The first-order valence-corrected chi connectivity index (χ1v) is 6.34. The van der Waals surface area contributed by atoms with E-state index in [9.17, 15) is 4.79 Å². The van der Waals surface area contributed by atoms with Gasteiger partial charge in [0, 0.05) is 6.20 Å². The first kappa shape index (κ1) is 11.4. The Morgan fingerprint density at radius 3 is 2.94 bits per heavy atom. The Bertz CT molecular complexity index is 514. The van der Waals surface area contributed by atoms with E-state index in [4.69, 9.17) is 16.7 Å². The SMILES string of the molecule is O=C(O)c1cnc(Sc2cccs2)c(Cl)c1. The summed E-state index contributed by atoms with van der Waals surface area (Å²) in [7, 11) is 0. The Morgan fingerprint density at radius 1 is 1.56 bits per heavy atom. The first-order valence-electron chi connectivity index (χ1n) is 4.27. The summed E-state index contributed by atoms with van der Waals surface area (Å²) in [6.07, 6.45) is 1.31. The fraction of sp³-hybridized carbons (Fsp3) is 0.